The summed E-state index contributed by atoms with van der Waals surface area (Å²) in [6, 6.07) is 6.29. The maximum Gasteiger partial charge on any atom is 0.433 e. The van der Waals surface area contributed by atoms with Gasteiger partial charge in [0.1, 0.15) is 11.4 Å². The number of aromatic nitrogens is 3. The maximum absolute atomic E-state index is 12.9. The summed E-state index contributed by atoms with van der Waals surface area (Å²) < 4.78 is 41.9. The third kappa shape index (κ3) is 3.20. The predicted octanol–water partition coefficient (Wildman–Crippen LogP) is 2.80. The van der Waals surface area contributed by atoms with Crippen LogP contribution in [0.1, 0.15) is 41.4 Å². The van der Waals surface area contributed by atoms with Crippen molar-refractivity contribution in [1.82, 2.24) is 14.9 Å². The van der Waals surface area contributed by atoms with Crippen LogP contribution in [0.2, 0.25) is 0 Å². The molecule has 5 heterocycles. The summed E-state index contributed by atoms with van der Waals surface area (Å²) in [6.45, 7) is 4.29. The van der Waals surface area contributed by atoms with E-state index in [1.165, 1.54) is 35.4 Å². The minimum Gasteiger partial charge on any atom is -0.309 e. The van der Waals surface area contributed by atoms with Gasteiger partial charge in [-0.05, 0) is 48.6 Å². The van der Waals surface area contributed by atoms with E-state index in [1.807, 2.05) is 16.4 Å². The lowest BCUT2D eigenvalue weighted by atomic mass is 9.95. The van der Waals surface area contributed by atoms with Gasteiger partial charge in [-0.2, -0.15) is 13.2 Å². The maximum atomic E-state index is 12.9. The van der Waals surface area contributed by atoms with Crippen molar-refractivity contribution < 1.29 is 17.4 Å². The molecule has 2 aliphatic heterocycles. The lowest BCUT2D eigenvalue weighted by Crippen LogP contribution is -2.40. The number of nitrogens with zero attached hydrogens (tertiary/aromatic N) is 3. The van der Waals surface area contributed by atoms with E-state index < -0.39 is 11.9 Å². The Morgan fingerprint density at radius 3 is 2.79 bits per heavy atom. The van der Waals surface area contributed by atoms with E-state index in [1.54, 1.807) is 16.8 Å². The van der Waals surface area contributed by atoms with E-state index in [9.17, 15) is 18.0 Å². The van der Waals surface area contributed by atoms with E-state index in [0.717, 1.165) is 42.6 Å². The third-order valence-electron chi connectivity index (χ3n) is 6.98. The average molecular weight is 450 g/mol. The van der Waals surface area contributed by atoms with Gasteiger partial charge in [-0.15, -0.1) is 0 Å². The third-order valence-corrected chi connectivity index (χ3v) is 6.98. The molecule has 0 saturated carbocycles. The monoisotopic (exact) mass is 450 g/mol. The van der Waals surface area contributed by atoms with Crippen molar-refractivity contribution in [3.05, 3.63) is 87.7 Å². The van der Waals surface area contributed by atoms with Gasteiger partial charge in [-0.1, -0.05) is 17.7 Å². The molecule has 3 aromatic heterocycles. The number of pyridine rings is 2. The fourth-order valence-corrected chi connectivity index (χ4v) is 5.40. The molecule has 0 aromatic carbocycles. The van der Waals surface area contributed by atoms with Gasteiger partial charge in [0.25, 0.3) is 5.56 Å². The molecule has 1 saturated heterocycles. The van der Waals surface area contributed by atoms with Gasteiger partial charge in [0.2, 0.25) is 0 Å². The second-order valence-electron chi connectivity index (χ2n) is 8.88. The Morgan fingerprint density at radius 2 is 2.06 bits per heavy atom. The molecule has 1 aliphatic carbocycles. The zero-order valence-electron chi connectivity index (χ0n) is 17.7. The second-order valence-corrected chi connectivity index (χ2v) is 8.88. The molecule has 0 spiro atoms. The fraction of sp³-hybridized carbons (Fsp3) is 0.280. The van der Waals surface area contributed by atoms with Gasteiger partial charge in [0.15, 0.2) is 0 Å². The first-order valence-electron chi connectivity index (χ1n) is 10.9. The highest BCUT2D eigenvalue weighted by atomic mass is 19.4. The molecule has 1 fully saturated rings. The summed E-state index contributed by atoms with van der Waals surface area (Å²) in [7, 11) is 0. The van der Waals surface area contributed by atoms with Gasteiger partial charge < -0.3 is 5.32 Å². The summed E-state index contributed by atoms with van der Waals surface area (Å²) in [4.78, 5) is 16.4. The van der Waals surface area contributed by atoms with Gasteiger partial charge in [-0.3, -0.25) is 18.6 Å². The standard InChI is InChI=1S/C25H21F3N4O/c1-31-20-12-17(4-5-18(20)24-19-6-3-16(30-19)11-21(24)31)32-9-8-14(10-23(32)33)15-2-7-22(29-13-15)25(26,27)28/h2,4,7-10,12-13,16,19,30H,1,3,5-6,11H2. The molecule has 8 heteroatoms. The molecular weight excluding hydrogens is 429 g/mol. The SMILES string of the molecule is C=[n+]1c2c(c3[c-]1CC1CCC3N1)CC=C(n1ccc(-c3ccc(C(F)(F)F)nc3)cc1=O)C=2. The van der Waals surface area contributed by atoms with Crippen LogP contribution in [0.4, 0.5) is 13.2 Å². The molecule has 33 heavy (non-hydrogen) atoms. The summed E-state index contributed by atoms with van der Waals surface area (Å²) >= 11 is 0. The van der Waals surface area contributed by atoms with Crippen molar-refractivity contribution in [2.45, 2.75) is 43.9 Å². The number of alkyl halides is 3. The zero-order valence-corrected chi connectivity index (χ0v) is 17.7. The number of halogens is 3. The van der Waals surface area contributed by atoms with Crippen LogP contribution in [0.3, 0.4) is 0 Å². The first kappa shape index (κ1) is 20.2. The summed E-state index contributed by atoms with van der Waals surface area (Å²) in [5, 5.41) is 4.73. The smallest absolute Gasteiger partial charge is 0.309 e. The molecule has 6 rings (SSSR count). The Bertz CT molecular complexity index is 1480. The number of rotatable bonds is 2. The van der Waals surface area contributed by atoms with Crippen LogP contribution in [0, 0.1) is 6.72 Å². The molecule has 2 atom stereocenters. The van der Waals surface area contributed by atoms with Crippen LogP contribution in [-0.4, -0.2) is 15.6 Å². The number of hydrogen-bond acceptors (Lipinski definition) is 3. The Balaban J connectivity index is 1.35. The Kier molecular flexibility index (Phi) is 4.32. The van der Waals surface area contributed by atoms with Gasteiger partial charge >= 0.3 is 6.18 Å². The van der Waals surface area contributed by atoms with Crippen molar-refractivity contribution in [3.8, 4) is 11.1 Å². The van der Waals surface area contributed by atoms with Crippen molar-refractivity contribution in [2.75, 3.05) is 0 Å². The minimum atomic E-state index is -4.50. The first-order valence-corrected chi connectivity index (χ1v) is 10.9. The number of fused-ring (bicyclic) bond motifs is 6. The van der Waals surface area contributed by atoms with Crippen LogP contribution in [0.25, 0.3) is 22.9 Å². The van der Waals surface area contributed by atoms with E-state index in [2.05, 4.69) is 17.0 Å². The molecule has 3 aromatic rings. The number of nitrogens with one attached hydrogen (secondary N) is 1. The molecule has 3 aliphatic rings. The van der Waals surface area contributed by atoms with Crippen LogP contribution >= 0.6 is 0 Å². The van der Waals surface area contributed by atoms with E-state index >= 15 is 0 Å². The van der Waals surface area contributed by atoms with Crippen LogP contribution < -0.4 is 20.5 Å². The van der Waals surface area contributed by atoms with Crippen LogP contribution in [0.15, 0.2) is 47.5 Å². The lowest BCUT2D eigenvalue weighted by Gasteiger charge is -2.23. The molecule has 2 unspecified atom stereocenters. The molecule has 0 radical (unpaired) electrons. The number of hydrogen-bond donors (Lipinski definition) is 1. The molecule has 2 bridgehead atoms. The molecule has 168 valence electrons. The van der Waals surface area contributed by atoms with Gasteiger partial charge in [0, 0.05) is 48.2 Å². The van der Waals surface area contributed by atoms with Crippen LogP contribution in [-0.2, 0) is 19.0 Å². The van der Waals surface area contributed by atoms with E-state index in [0.29, 0.717) is 23.2 Å². The van der Waals surface area contributed by atoms with Crippen molar-refractivity contribution in [1.29, 1.82) is 0 Å². The minimum absolute atomic E-state index is 0.258. The molecule has 0 amide bonds. The fourth-order valence-electron chi connectivity index (χ4n) is 5.40. The quantitative estimate of drug-likeness (QED) is 0.483. The Hall–Kier alpha value is -3.39. The van der Waals surface area contributed by atoms with Crippen molar-refractivity contribution >= 4 is 11.8 Å². The predicted molar refractivity (Wildman–Crippen MR) is 117 cm³/mol. The molecular formula is C25H21F3N4O. The van der Waals surface area contributed by atoms with Crippen LogP contribution in [0.5, 0.6) is 0 Å². The van der Waals surface area contributed by atoms with E-state index in [4.69, 9.17) is 0 Å². The van der Waals surface area contributed by atoms with E-state index in [-0.39, 0.29) is 5.56 Å². The Labute approximate surface area is 187 Å². The highest BCUT2D eigenvalue weighted by Crippen LogP contribution is 2.36. The molecule has 1 N–H and O–H groups in total. The topological polar surface area (TPSA) is 52.8 Å². The largest absolute Gasteiger partial charge is 0.433 e. The van der Waals surface area contributed by atoms with Gasteiger partial charge in [0.05, 0.1) is 12.1 Å². The highest BCUT2D eigenvalue weighted by Gasteiger charge is 2.36. The lowest BCUT2D eigenvalue weighted by molar-refractivity contribution is -0.520. The Morgan fingerprint density at radius 1 is 1.21 bits per heavy atom. The summed E-state index contributed by atoms with van der Waals surface area (Å²) in [5.41, 5.74) is 4.47. The zero-order chi connectivity index (χ0) is 22.9. The average Bonchev–Trinajstić information content (AvgIpc) is 3.31. The van der Waals surface area contributed by atoms with Gasteiger partial charge in [-0.25, -0.2) is 0 Å². The first-order chi connectivity index (χ1) is 15.8. The highest BCUT2D eigenvalue weighted by molar-refractivity contribution is 5.78. The molecule has 5 nitrogen and oxygen atoms in total. The number of allylic oxidation sites excluding steroid dienone is 2. The van der Waals surface area contributed by atoms with Crippen molar-refractivity contribution in [2.24, 2.45) is 0 Å². The van der Waals surface area contributed by atoms with Crippen molar-refractivity contribution in [3.63, 3.8) is 0 Å². The second kappa shape index (κ2) is 7.05. The summed E-state index contributed by atoms with van der Waals surface area (Å²) in [6.07, 6.45) is 6.38. The summed E-state index contributed by atoms with van der Waals surface area (Å²) in [5.74, 6) is 0. The normalized spacial score (nSPS) is 21.2.